The Morgan fingerprint density at radius 2 is 1.91 bits per heavy atom. The summed E-state index contributed by atoms with van der Waals surface area (Å²) in [6.07, 6.45) is 11.7. The Morgan fingerprint density at radius 3 is 2.59 bits per heavy atom. The number of hydrogen-bond acceptors (Lipinski definition) is 3. The molecule has 1 aliphatic heterocycles. The fourth-order valence-electron chi connectivity index (χ4n) is 2.96. The summed E-state index contributed by atoms with van der Waals surface area (Å²) >= 11 is 0. The molecule has 0 saturated carbocycles. The predicted molar refractivity (Wildman–Crippen MR) is 90.0 cm³/mol. The lowest BCUT2D eigenvalue weighted by molar-refractivity contribution is 0.300. The molecule has 0 amide bonds. The molecule has 2 aromatic rings. The molecule has 0 bridgehead atoms. The molecule has 0 atom stereocenters. The fourth-order valence-corrected chi connectivity index (χ4v) is 2.96. The summed E-state index contributed by atoms with van der Waals surface area (Å²) in [6, 6.07) is 8.53. The van der Waals surface area contributed by atoms with E-state index in [-0.39, 0.29) is 0 Å². The van der Waals surface area contributed by atoms with Gasteiger partial charge in [0.15, 0.2) is 5.84 Å². The lowest BCUT2D eigenvalue weighted by Gasteiger charge is -2.20. The van der Waals surface area contributed by atoms with Crippen molar-refractivity contribution in [1.29, 1.82) is 0 Å². The van der Waals surface area contributed by atoms with Gasteiger partial charge in [-0.05, 0) is 24.8 Å². The van der Waals surface area contributed by atoms with Gasteiger partial charge >= 0.3 is 0 Å². The highest BCUT2D eigenvalue weighted by atomic mass is 15.5. The normalized spacial score (nSPS) is 16.6. The Kier molecular flexibility index (Phi) is 4.88. The molecule has 2 heterocycles. The third-order valence-electron chi connectivity index (χ3n) is 4.21. The average molecular weight is 296 g/mol. The molecule has 0 aliphatic carbocycles. The van der Waals surface area contributed by atoms with Crippen LogP contribution in [0.25, 0.3) is 0 Å². The molecule has 0 N–H and O–H groups in total. The highest BCUT2D eigenvalue weighted by Gasteiger charge is 2.13. The van der Waals surface area contributed by atoms with Crippen LogP contribution < -0.4 is 0 Å². The van der Waals surface area contributed by atoms with Crippen molar-refractivity contribution >= 4 is 5.84 Å². The van der Waals surface area contributed by atoms with E-state index in [4.69, 9.17) is 5.10 Å². The molecule has 1 aromatic carbocycles. The van der Waals surface area contributed by atoms with Gasteiger partial charge in [0.25, 0.3) is 0 Å². The summed E-state index contributed by atoms with van der Waals surface area (Å²) in [5.41, 5.74) is 2.53. The maximum Gasteiger partial charge on any atom is 0.165 e. The molecule has 116 valence electrons. The molecule has 1 aromatic heterocycles. The molecule has 0 unspecified atom stereocenters. The molecule has 3 rings (SSSR count). The van der Waals surface area contributed by atoms with Crippen molar-refractivity contribution in [3.05, 3.63) is 54.1 Å². The zero-order valence-corrected chi connectivity index (χ0v) is 13.3. The Labute approximate surface area is 132 Å². The van der Waals surface area contributed by atoms with Crippen LogP contribution in [0.4, 0.5) is 0 Å². The van der Waals surface area contributed by atoms with Crippen molar-refractivity contribution in [2.45, 2.75) is 39.0 Å². The molecule has 1 aliphatic rings. The summed E-state index contributed by atoms with van der Waals surface area (Å²) < 4.78 is 2.03. The standard InChI is InChI=1S/C18H24N4/c1-2-16-9-5-6-10-17(16)18(21-14-11-19-15-21)20-22-12-7-3-4-8-13-22/h5-6,9-11,14-15H,2-4,7-8,12-13H2,1H3. The predicted octanol–water partition coefficient (Wildman–Crippen LogP) is 3.53. The number of rotatable bonds is 3. The number of nitrogens with zero attached hydrogens (tertiary/aromatic N) is 4. The lowest BCUT2D eigenvalue weighted by atomic mass is 10.0. The SMILES string of the molecule is CCc1ccccc1C(=NN1CCCCCC1)n1ccnc1. The first-order chi connectivity index (χ1) is 10.9. The van der Waals surface area contributed by atoms with Crippen LogP contribution in [0.2, 0.25) is 0 Å². The Morgan fingerprint density at radius 1 is 1.14 bits per heavy atom. The number of aromatic nitrogens is 2. The largest absolute Gasteiger partial charge is 0.295 e. The number of aryl methyl sites for hydroxylation is 1. The van der Waals surface area contributed by atoms with Crippen molar-refractivity contribution in [1.82, 2.24) is 14.6 Å². The smallest absolute Gasteiger partial charge is 0.165 e. The minimum atomic E-state index is 0.983. The van der Waals surface area contributed by atoms with Gasteiger partial charge in [-0.1, -0.05) is 44.0 Å². The van der Waals surface area contributed by atoms with Crippen LogP contribution in [0.1, 0.15) is 43.7 Å². The van der Waals surface area contributed by atoms with Crippen molar-refractivity contribution < 1.29 is 0 Å². The van der Waals surface area contributed by atoms with E-state index in [1.165, 1.54) is 36.8 Å². The molecule has 4 nitrogen and oxygen atoms in total. The van der Waals surface area contributed by atoms with Crippen LogP contribution in [-0.4, -0.2) is 33.5 Å². The maximum atomic E-state index is 4.99. The highest BCUT2D eigenvalue weighted by molar-refractivity contribution is 6.01. The molecule has 22 heavy (non-hydrogen) atoms. The van der Waals surface area contributed by atoms with Gasteiger partial charge in [-0.3, -0.25) is 9.58 Å². The average Bonchev–Trinajstić information content (AvgIpc) is 2.97. The minimum Gasteiger partial charge on any atom is -0.295 e. The number of hydrogen-bond donors (Lipinski definition) is 0. The van der Waals surface area contributed by atoms with Gasteiger partial charge in [0, 0.05) is 31.0 Å². The number of hydrazone groups is 1. The first kappa shape index (κ1) is 14.8. The monoisotopic (exact) mass is 296 g/mol. The van der Waals surface area contributed by atoms with Crippen LogP contribution in [0.5, 0.6) is 0 Å². The van der Waals surface area contributed by atoms with E-state index >= 15 is 0 Å². The van der Waals surface area contributed by atoms with Crippen LogP contribution in [0, 0.1) is 0 Å². The lowest BCUT2D eigenvalue weighted by Crippen LogP contribution is -2.24. The Bertz CT molecular complexity index is 608. The molecular weight excluding hydrogens is 272 g/mol. The van der Waals surface area contributed by atoms with E-state index in [2.05, 4.69) is 41.2 Å². The van der Waals surface area contributed by atoms with Crippen molar-refractivity contribution in [2.75, 3.05) is 13.1 Å². The molecule has 4 heteroatoms. The van der Waals surface area contributed by atoms with E-state index in [0.29, 0.717) is 0 Å². The number of benzene rings is 1. The van der Waals surface area contributed by atoms with Crippen LogP contribution >= 0.6 is 0 Å². The maximum absolute atomic E-state index is 4.99. The van der Waals surface area contributed by atoms with Gasteiger partial charge in [-0.15, -0.1) is 0 Å². The van der Waals surface area contributed by atoms with E-state index in [1.54, 1.807) is 0 Å². The number of imidazole rings is 1. The Hall–Kier alpha value is -2.10. The molecular formula is C18H24N4. The first-order valence-electron chi connectivity index (χ1n) is 8.28. The summed E-state index contributed by atoms with van der Waals surface area (Å²) in [5.74, 6) is 0.983. The van der Waals surface area contributed by atoms with Gasteiger partial charge < -0.3 is 0 Å². The van der Waals surface area contributed by atoms with E-state index in [1.807, 2.05) is 23.3 Å². The quantitative estimate of drug-likeness (QED) is 0.641. The van der Waals surface area contributed by atoms with E-state index in [9.17, 15) is 0 Å². The molecule has 0 spiro atoms. The molecule has 0 radical (unpaired) electrons. The Balaban J connectivity index is 2.00. The zero-order valence-electron chi connectivity index (χ0n) is 13.3. The summed E-state index contributed by atoms with van der Waals surface area (Å²) in [7, 11) is 0. The topological polar surface area (TPSA) is 33.4 Å². The minimum absolute atomic E-state index is 0.983. The van der Waals surface area contributed by atoms with Gasteiger partial charge in [0.1, 0.15) is 6.33 Å². The third kappa shape index (κ3) is 3.38. The summed E-state index contributed by atoms with van der Waals surface area (Å²) in [5, 5.41) is 7.22. The fraction of sp³-hybridized carbons (Fsp3) is 0.444. The van der Waals surface area contributed by atoms with Crippen LogP contribution in [0.3, 0.4) is 0 Å². The van der Waals surface area contributed by atoms with Crippen LogP contribution in [-0.2, 0) is 6.42 Å². The molecule has 1 fully saturated rings. The first-order valence-corrected chi connectivity index (χ1v) is 8.28. The second-order valence-corrected chi connectivity index (χ2v) is 5.77. The van der Waals surface area contributed by atoms with Gasteiger partial charge in [0.2, 0.25) is 0 Å². The van der Waals surface area contributed by atoms with Crippen molar-refractivity contribution in [3.63, 3.8) is 0 Å². The van der Waals surface area contributed by atoms with Crippen LogP contribution in [0.15, 0.2) is 48.1 Å². The second-order valence-electron chi connectivity index (χ2n) is 5.77. The van der Waals surface area contributed by atoms with E-state index < -0.39 is 0 Å². The van der Waals surface area contributed by atoms with Gasteiger partial charge in [-0.25, -0.2) is 4.98 Å². The molecule has 1 saturated heterocycles. The van der Waals surface area contributed by atoms with Crippen molar-refractivity contribution in [2.24, 2.45) is 5.10 Å². The third-order valence-corrected chi connectivity index (χ3v) is 4.21. The summed E-state index contributed by atoms with van der Waals surface area (Å²) in [6.45, 7) is 4.29. The van der Waals surface area contributed by atoms with Gasteiger partial charge in [0.05, 0.1) is 0 Å². The summed E-state index contributed by atoms with van der Waals surface area (Å²) in [4.78, 5) is 4.20. The van der Waals surface area contributed by atoms with Gasteiger partial charge in [-0.2, -0.15) is 5.10 Å². The zero-order chi connectivity index (χ0) is 15.2. The van der Waals surface area contributed by atoms with Crippen molar-refractivity contribution in [3.8, 4) is 0 Å². The second kappa shape index (κ2) is 7.25. The highest BCUT2D eigenvalue weighted by Crippen LogP contribution is 2.15. The van der Waals surface area contributed by atoms with E-state index in [0.717, 1.165) is 25.3 Å².